The molecule has 15 N–H and O–H groups in total. The number of guanidine groups is 2. The lowest BCUT2D eigenvalue weighted by Gasteiger charge is -2.37. The number of phenols is 2. The Morgan fingerprint density at radius 1 is 0.863 bits per heavy atom. The molecule has 18 heteroatoms. The second kappa shape index (κ2) is 17.5. The van der Waals surface area contributed by atoms with Crippen LogP contribution in [-0.2, 0) is 19.2 Å². The van der Waals surface area contributed by atoms with Gasteiger partial charge in [-0.15, -0.1) is 0 Å². The summed E-state index contributed by atoms with van der Waals surface area (Å²) in [7, 11) is 0. The summed E-state index contributed by atoms with van der Waals surface area (Å²) < 4.78 is 0. The lowest BCUT2D eigenvalue weighted by molar-refractivity contribution is -0.175. The maximum Gasteiger partial charge on any atom is 0.274 e. The Morgan fingerprint density at radius 2 is 1.37 bits per heavy atom. The monoisotopic (exact) mass is 708 g/mol. The summed E-state index contributed by atoms with van der Waals surface area (Å²) in [6, 6.07) is 10.9. The Bertz CT molecular complexity index is 1670. The topological polar surface area (TPSA) is 317 Å². The number of nitrogens with two attached hydrogens (primary N) is 4. The second-order valence-electron chi connectivity index (χ2n) is 11.7. The fourth-order valence-corrected chi connectivity index (χ4v) is 5.44. The molecule has 4 atom stereocenters. The number of rotatable bonds is 16. The fourth-order valence-electron chi connectivity index (χ4n) is 5.44. The number of amides is 4. The van der Waals surface area contributed by atoms with Crippen molar-refractivity contribution in [3.05, 3.63) is 72.1 Å². The van der Waals surface area contributed by atoms with Crippen molar-refractivity contribution in [2.24, 2.45) is 38.8 Å². The van der Waals surface area contributed by atoms with Crippen molar-refractivity contribution in [3.63, 3.8) is 0 Å². The van der Waals surface area contributed by atoms with Crippen LogP contribution in [0.1, 0.15) is 37.3 Å². The largest absolute Gasteiger partial charge is 0.508 e. The average Bonchev–Trinajstić information content (AvgIpc) is 3.23. The lowest BCUT2D eigenvalue weighted by Crippen LogP contribution is -2.63. The summed E-state index contributed by atoms with van der Waals surface area (Å²) in [4.78, 5) is 62.3. The molecule has 0 aliphatic carbocycles. The lowest BCUT2D eigenvalue weighted by atomic mass is 9.78. The Labute approximate surface area is 293 Å². The van der Waals surface area contributed by atoms with Crippen LogP contribution < -0.4 is 38.9 Å². The van der Waals surface area contributed by atoms with Gasteiger partial charge in [0, 0.05) is 25.5 Å². The van der Waals surface area contributed by atoms with Crippen molar-refractivity contribution < 1.29 is 39.6 Å². The van der Waals surface area contributed by atoms with Gasteiger partial charge in [-0.1, -0.05) is 24.3 Å². The van der Waals surface area contributed by atoms with Crippen molar-refractivity contribution in [1.29, 1.82) is 0 Å². The number of phenolic OH excluding ortho intramolecular Hbond substituents is 2. The number of benzene rings is 2. The van der Waals surface area contributed by atoms with Gasteiger partial charge in [0.15, 0.2) is 17.5 Å². The first-order valence-corrected chi connectivity index (χ1v) is 15.8. The fraction of sp³-hybridized carbons (Fsp3) is 0.333. The number of hydrogen-bond donors (Lipinski definition) is 11. The summed E-state index contributed by atoms with van der Waals surface area (Å²) in [5, 5.41) is 50.4. The average molecular weight is 709 g/mol. The second-order valence-corrected chi connectivity index (χ2v) is 11.7. The normalized spacial score (nSPS) is 20.6. The number of carbonyl (C=O) groups is 4. The van der Waals surface area contributed by atoms with Gasteiger partial charge in [0.05, 0.1) is 5.92 Å². The van der Waals surface area contributed by atoms with Crippen LogP contribution in [0.15, 0.2) is 70.9 Å². The highest BCUT2D eigenvalue weighted by atomic mass is 16.4. The van der Waals surface area contributed by atoms with Crippen LogP contribution >= 0.6 is 0 Å². The predicted octanol–water partition coefficient (Wildman–Crippen LogP) is -1.93. The highest BCUT2D eigenvalue weighted by molar-refractivity contribution is 6.01. The number of carbonyl (C=O) groups excluding carboxylic acids is 4. The quantitative estimate of drug-likeness (QED) is 0.0516. The standard InChI is InChI=1S/C33H44N10O8/c1-20(27(47)39-17-12-22-5-9-24(45)10-6-22)42-28(48)33(51)25(13-18-41-31(36)37)32(50,14-2-15-40-30(34)35)29(49)43(33)19-26(46)38-16-11-21-3-7-23(44)8-4-21/h3-12,16-17,20,25,44-45,50-51H,2,13-15,18-19H2,1H3,(H,38,46)(H,39,47)(H,42,48)(H4,34,35,40)(H4,36,37,41)/b16-11+,17-12+/t20-,25+,32-,33-/m1/s1. The minimum Gasteiger partial charge on any atom is -0.508 e. The van der Waals surface area contributed by atoms with E-state index in [4.69, 9.17) is 22.9 Å². The third-order valence-corrected chi connectivity index (χ3v) is 8.00. The van der Waals surface area contributed by atoms with Crippen molar-refractivity contribution >= 4 is 47.7 Å². The molecule has 18 nitrogen and oxygen atoms in total. The van der Waals surface area contributed by atoms with Gasteiger partial charge >= 0.3 is 0 Å². The number of aromatic hydroxyl groups is 2. The van der Waals surface area contributed by atoms with E-state index in [1.807, 2.05) is 0 Å². The van der Waals surface area contributed by atoms with Crippen LogP contribution in [0.4, 0.5) is 0 Å². The van der Waals surface area contributed by atoms with Crippen LogP contribution in [0.5, 0.6) is 11.5 Å². The molecular weight excluding hydrogens is 664 g/mol. The maximum absolute atomic E-state index is 14.0. The molecule has 1 fully saturated rings. The van der Waals surface area contributed by atoms with Crippen LogP contribution in [0.3, 0.4) is 0 Å². The summed E-state index contributed by atoms with van der Waals surface area (Å²) in [5.74, 6) is -6.04. The number of nitrogens with one attached hydrogen (secondary N) is 3. The molecule has 1 heterocycles. The molecule has 274 valence electrons. The van der Waals surface area contributed by atoms with Gasteiger partial charge in [0.25, 0.3) is 11.8 Å². The number of aliphatic imine (C=N–C) groups is 2. The van der Waals surface area contributed by atoms with Crippen LogP contribution in [-0.4, -0.2) is 97.9 Å². The first-order chi connectivity index (χ1) is 24.1. The molecule has 1 aliphatic heterocycles. The molecule has 0 unspecified atom stereocenters. The first-order valence-electron chi connectivity index (χ1n) is 15.8. The van der Waals surface area contributed by atoms with E-state index in [-0.39, 0.29) is 55.8 Å². The van der Waals surface area contributed by atoms with Gasteiger partial charge in [0.1, 0.15) is 24.1 Å². The van der Waals surface area contributed by atoms with E-state index in [0.29, 0.717) is 16.0 Å². The van der Waals surface area contributed by atoms with Crippen molar-refractivity contribution in [2.45, 2.75) is 43.6 Å². The van der Waals surface area contributed by atoms with Crippen LogP contribution in [0, 0.1) is 5.92 Å². The molecule has 0 radical (unpaired) electrons. The first kappa shape index (κ1) is 39.3. The maximum atomic E-state index is 14.0. The Hall–Kier alpha value is -6.14. The van der Waals surface area contributed by atoms with Crippen LogP contribution in [0.25, 0.3) is 12.2 Å². The Morgan fingerprint density at radius 3 is 1.90 bits per heavy atom. The summed E-state index contributed by atoms with van der Waals surface area (Å²) in [5.41, 5.74) is 17.7. The molecule has 3 rings (SSSR count). The number of aliphatic hydroxyl groups is 2. The molecule has 1 aliphatic rings. The van der Waals surface area contributed by atoms with E-state index >= 15 is 0 Å². The zero-order valence-corrected chi connectivity index (χ0v) is 27.9. The highest BCUT2D eigenvalue weighted by Crippen LogP contribution is 2.46. The van der Waals surface area contributed by atoms with Gasteiger partial charge in [-0.3, -0.25) is 34.1 Å². The zero-order valence-electron chi connectivity index (χ0n) is 27.9. The van der Waals surface area contributed by atoms with Crippen molar-refractivity contribution in [1.82, 2.24) is 20.9 Å². The van der Waals surface area contributed by atoms with E-state index in [9.17, 15) is 39.6 Å². The molecular formula is C33H44N10O8. The third kappa shape index (κ3) is 10.4. The van der Waals surface area contributed by atoms with Gasteiger partial charge < -0.3 is 59.3 Å². The zero-order chi connectivity index (χ0) is 37.8. The molecule has 2 aromatic carbocycles. The number of hydrogen-bond acceptors (Lipinski definition) is 10. The number of likely N-dealkylation sites (tertiary alicyclic amines) is 1. The van der Waals surface area contributed by atoms with Gasteiger partial charge in [-0.05, 0) is 73.7 Å². The molecule has 4 amide bonds. The molecule has 2 aromatic rings. The third-order valence-electron chi connectivity index (χ3n) is 8.00. The van der Waals surface area contributed by atoms with Crippen molar-refractivity contribution in [3.8, 4) is 11.5 Å². The van der Waals surface area contributed by atoms with E-state index in [0.717, 1.165) is 0 Å². The van der Waals surface area contributed by atoms with Gasteiger partial charge in [0.2, 0.25) is 17.5 Å². The minimum atomic E-state index is -2.89. The molecule has 51 heavy (non-hydrogen) atoms. The van der Waals surface area contributed by atoms with Gasteiger partial charge in [-0.2, -0.15) is 0 Å². The molecule has 0 bridgehead atoms. The number of nitrogens with zero attached hydrogens (tertiary/aromatic N) is 3. The predicted molar refractivity (Wildman–Crippen MR) is 188 cm³/mol. The smallest absolute Gasteiger partial charge is 0.274 e. The van der Waals surface area contributed by atoms with E-state index in [1.165, 1.54) is 55.7 Å². The van der Waals surface area contributed by atoms with Gasteiger partial charge in [-0.25, -0.2) is 0 Å². The van der Waals surface area contributed by atoms with E-state index in [1.54, 1.807) is 24.3 Å². The highest BCUT2D eigenvalue weighted by Gasteiger charge is 2.69. The van der Waals surface area contributed by atoms with E-state index < -0.39 is 53.5 Å². The van der Waals surface area contributed by atoms with Crippen molar-refractivity contribution in [2.75, 3.05) is 19.6 Å². The Kier molecular flexibility index (Phi) is 13.5. The molecule has 0 saturated carbocycles. The summed E-state index contributed by atoms with van der Waals surface area (Å²) in [6.07, 6.45) is 4.95. The summed E-state index contributed by atoms with van der Waals surface area (Å²) in [6.45, 7) is 0.177. The molecule has 0 aromatic heterocycles. The molecule has 0 spiro atoms. The molecule has 1 saturated heterocycles. The Balaban J connectivity index is 1.92. The minimum absolute atomic E-state index is 0.0133. The van der Waals surface area contributed by atoms with Crippen LogP contribution in [0.2, 0.25) is 0 Å². The SMILES string of the molecule is C[C@@H](NC(=O)[C@]1(O)[C@@H](CCN=C(N)N)[C@](O)(CCCN=C(N)N)C(=O)N1CC(=O)N/C=C/c1ccc(O)cc1)C(=O)N/C=C/c1ccc(O)cc1. The summed E-state index contributed by atoms with van der Waals surface area (Å²) >= 11 is 0. The van der Waals surface area contributed by atoms with E-state index in [2.05, 4.69) is 25.9 Å².